The van der Waals surface area contributed by atoms with Crippen molar-refractivity contribution in [3.05, 3.63) is 28.8 Å². The van der Waals surface area contributed by atoms with Gasteiger partial charge in [0.15, 0.2) is 0 Å². The Hall–Kier alpha value is -0.730. The van der Waals surface area contributed by atoms with Gasteiger partial charge in [-0.3, -0.25) is 0 Å². The van der Waals surface area contributed by atoms with E-state index in [0.29, 0.717) is 13.2 Å². The van der Waals surface area contributed by atoms with Gasteiger partial charge in [-0.2, -0.15) is 0 Å². The first-order chi connectivity index (χ1) is 6.15. The van der Waals surface area contributed by atoms with Gasteiger partial charge < -0.3 is 10.5 Å². The maximum absolute atomic E-state index is 5.52. The minimum absolute atomic E-state index is 0. The standard InChI is InChI=1S/C11H17NO.ClH/c1-8-6-9(2)10(3)11(7-8)13-5-4-12;/h6-7H,4-5,12H2,1-3H3;1H. The molecular weight excluding hydrogens is 198 g/mol. The molecule has 0 aliphatic carbocycles. The Kier molecular flexibility index (Phi) is 5.58. The smallest absolute Gasteiger partial charge is 0.122 e. The van der Waals surface area contributed by atoms with Gasteiger partial charge >= 0.3 is 0 Å². The molecule has 1 rings (SSSR count). The van der Waals surface area contributed by atoms with E-state index in [1.165, 1.54) is 16.7 Å². The molecular formula is C11H18ClNO. The summed E-state index contributed by atoms with van der Waals surface area (Å²) < 4.78 is 5.52. The van der Waals surface area contributed by atoms with E-state index in [9.17, 15) is 0 Å². The van der Waals surface area contributed by atoms with Crippen molar-refractivity contribution in [2.45, 2.75) is 20.8 Å². The number of nitrogens with two attached hydrogens (primary N) is 1. The predicted octanol–water partition coefficient (Wildman–Crippen LogP) is 2.37. The molecule has 0 bridgehead atoms. The van der Waals surface area contributed by atoms with Crippen molar-refractivity contribution in [2.75, 3.05) is 13.2 Å². The van der Waals surface area contributed by atoms with Gasteiger partial charge in [0.05, 0.1) is 0 Å². The fraction of sp³-hybridized carbons (Fsp3) is 0.455. The Morgan fingerprint density at radius 2 is 1.86 bits per heavy atom. The molecule has 0 aliphatic heterocycles. The van der Waals surface area contributed by atoms with E-state index in [-0.39, 0.29) is 12.4 Å². The van der Waals surface area contributed by atoms with Crippen LogP contribution in [-0.4, -0.2) is 13.2 Å². The molecule has 0 amide bonds. The van der Waals surface area contributed by atoms with E-state index in [1.807, 2.05) is 0 Å². The largest absolute Gasteiger partial charge is 0.492 e. The first-order valence-electron chi connectivity index (χ1n) is 4.56. The van der Waals surface area contributed by atoms with Crippen molar-refractivity contribution in [1.29, 1.82) is 0 Å². The Labute approximate surface area is 91.9 Å². The molecule has 0 fully saturated rings. The topological polar surface area (TPSA) is 35.2 Å². The summed E-state index contributed by atoms with van der Waals surface area (Å²) in [5.74, 6) is 0.961. The van der Waals surface area contributed by atoms with E-state index in [4.69, 9.17) is 10.5 Å². The lowest BCUT2D eigenvalue weighted by molar-refractivity contribution is 0.325. The number of ether oxygens (including phenoxy) is 1. The maximum atomic E-state index is 5.52. The second kappa shape index (κ2) is 5.89. The van der Waals surface area contributed by atoms with E-state index < -0.39 is 0 Å². The highest BCUT2D eigenvalue weighted by molar-refractivity contribution is 5.85. The zero-order valence-corrected chi connectivity index (χ0v) is 9.78. The Balaban J connectivity index is 0.00000169. The van der Waals surface area contributed by atoms with Crippen LogP contribution in [0.5, 0.6) is 5.75 Å². The second-order valence-corrected chi connectivity index (χ2v) is 3.34. The van der Waals surface area contributed by atoms with Crippen LogP contribution in [0.15, 0.2) is 12.1 Å². The van der Waals surface area contributed by atoms with Gasteiger partial charge in [-0.05, 0) is 43.5 Å². The highest BCUT2D eigenvalue weighted by Gasteiger charge is 2.02. The Bertz CT molecular complexity index is 300. The third kappa shape index (κ3) is 3.20. The lowest BCUT2D eigenvalue weighted by atomic mass is 10.1. The number of hydrogen-bond acceptors (Lipinski definition) is 2. The summed E-state index contributed by atoms with van der Waals surface area (Å²) in [4.78, 5) is 0. The monoisotopic (exact) mass is 215 g/mol. The number of aryl methyl sites for hydroxylation is 2. The molecule has 2 nitrogen and oxygen atoms in total. The van der Waals surface area contributed by atoms with Gasteiger partial charge in [0.1, 0.15) is 12.4 Å². The summed E-state index contributed by atoms with van der Waals surface area (Å²) in [5.41, 5.74) is 9.09. The van der Waals surface area contributed by atoms with Gasteiger partial charge in [-0.25, -0.2) is 0 Å². The van der Waals surface area contributed by atoms with Crippen molar-refractivity contribution >= 4 is 12.4 Å². The van der Waals surface area contributed by atoms with Crippen LogP contribution in [0.25, 0.3) is 0 Å². The number of benzene rings is 1. The van der Waals surface area contributed by atoms with Gasteiger partial charge in [-0.15, -0.1) is 12.4 Å². The minimum atomic E-state index is 0. The second-order valence-electron chi connectivity index (χ2n) is 3.34. The molecule has 0 radical (unpaired) electrons. The van der Waals surface area contributed by atoms with Crippen molar-refractivity contribution in [3.8, 4) is 5.75 Å². The molecule has 0 unspecified atom stereocenters. The van der Waals surface area contributed by atoms with Crippen LogP contribution in [0.3, 0.4) is 0 Å². The lowest BCUT2D eigenvalue weighted by Crippen LogP contribution is -2.11. The van der Waals surface area contributed by atoms with E-state index >= 15 is 0 Å². The van der Waals surface area contributed by atoms with Crippen LogP contribution in [0.2, 0.25) is 0 Å². The average molecular weight is 216 g/mol. The van der Waals surface area contributed by atoms with Gasteiger partial charge in [-0.1, -0.05) is 6.07 Å². The normalized spacial score (nSPS) is 9.43. The fourth-order valence-corrected chi connectivity index (χ4v) is 1.32. The van der Waals surface area contributed by atoms with Gasteiger partial charge in [0.2, 0.25) is 0 Å². The summed E-state index contributed by atoms with van der Waals surface area (Å²) in [6.07, 6.45) is 0. The molecule has 0 aliphatic rings. The third-order valence-electron chi connectivity index (χ3n) is 2.14. The molecule has 0 saturated heterocycles. The molecule has 0 atom stereocenters. The van der Waals surface area contributed by atoms with Crippen molar-refractivity contribution in [2.24, 2.45) is 5.73 Å². The van der Waals surface area contributed by atoms with Crippen LogP contribution < -0.4 is 10.5 Å². The summed E-state index contributed by atoms with van der Waals surface area (Å²) in [6.45, 7) is 7.39. The molecule has 0 saturated carbocycles. The summed E-state index contributed by atoms with van der Waals surface area (Å²) in [5, 5.41) is 0. The third-order valence-corrected chi connectivity index (χ3v) is 2.14. The Morgan fingerprint density at radius 1 is 1.21 bits per heavy atom. The van der Waals surface area contributed by atoms with E-state index in [1.54, 1.807) is 0 Å². The van der Waals surface area contributed by atoms with E-state index in [2.05, 4.69) is 32.9 Å². The zero-order chi connectivity index (χ0) is 9.84. The molecule has 2 N–H and O–H groups in total. The minimum Gasteiger partial charge on any atom is -0.492 e. The highest BCUT2D eigenvalue weighted by Crippen LogP contribution is 2.22. The number of rotatable bonds is 3. The van der Waals surface area contributed by atoms with Crippen molar-refractivity contribution < 1.29 is 4.74 Å². The molecule has 14 heavy (non-hydrogen) atoms. The lowest BCUT2D eigenvalue weighted by Gasteiger charge is -2.11. The average Bonchev–Trinajstić information content (AvgIpc) is 2.09. The number of hydrogen-bond donors (Lipinski definition) is 1. The maximum Gasteiger partial charge on any atom is 0.122 e. The van der Waals surface area contributed by atoms with Crippen molar-refractivity contribution in [1.82, 2.24) is 0 Å². The first-order valence-corrected chi connectivity index (χ1v) is 4.56. The predicted molar refractivity (Wildman–Crippen MR) is 62.5 cm³/mol. The molecule has 1 aromatic rings. The molecule has 0 aromatic heterocycles. The first kappa shape index (κ1) is 13.3. The molecule has 1 aromatic carbocycles. The summed E-state index contributed by atoms with van der Waals surface area (Å²) in [6, 6.07) is 4.21. The zero-order valence-electron chi connectivity index (χ0n) is 8.96. The van der Waals surface area contributed by atoms with Crippen molar-refractivity contribution in [3.63, 3.8) is 0 Å². The van der Waals surface area contributed by atoms with Crippen LogP contribution in [0.4, 0.5) is 0 Å². The van der Waals surface area contributed by atoms with Crippen LogP contribution in [-0.2, 0) is 0 Å². The van der Waals surface area contributed by atoms with Gasteiger partial charge in [0, 0.05) is 6.54 Å². The molecule has 3 heteroatoms. The molecule has 0 spiro atoms. The summed E-state index contributed by atoms with van der Waals surface area (Å²) in [7, 11) is 0. The fourth-order valence-electron chi connectivity index (χ4n) is 1.32. The van der Waals surface area contributed by atoms with Crippen LogP contribution in [0.1, 0.15) is 16.7 Å². The highest BCUT2D eigenvalue weighted by atomic mass is 35.5. The Morgan fingerprint density at radius 3 is 2.43 bits per heavy atom. The summed E-state index contributed by atoms with van der Waals surface area (Å²) >= 11 is 0. The van der Waals surface area contributed by atoms with Gasteiger partial charge in [0.25, 0.3) is 0 Å². The van der Waals surface area contributed by atoms with E-state index in [0.717, 1.165) is 5.75 Å². The van der Waals surface area contributed by atoms with Crippen LogP contribution >= 0.6 is 12.4 Å². The van der Waals surface area contributed by atoms with Crippen LogP contribution in [0, 0.1) is 20.8 Å². The number of halogens is 1. The quantitative estimate of drug-likeness (QED) is 0.841. The molecule has 0 heterocycles. The molecule has 80 valence electrons. The SMILES string of the molecule is Cc1cc(C)c(C)c(OCCN)c1.Cl.